The maximum absolute atomic E-state index is 13.4. The van der Waals surface area contributed by atoms with Crippen molar-refractivity contribution in [2.75, 3.05) is 46.3 Å². The van der Waals surface area contributed by atoms with Gasteiger partial charge in [-0.05, 0) is 18.2 Å². The number of rotatable bonds is 3. The van der Waals surface area contributed by atoms with Crippen LogP contribution in [0.3, 0.4) is 0 Å². The smallest absolute Gasteiger partial charge is 0.369 e. The van der Waals surface area contributed by atoms with Crippen LogP contribution in [0.25, 0.3) is 0 Å². The van der Waals surface area contributed by atoms with Gasteiger partial charge < -0.3 is 19.8 Å². The number of amides is 2. The van der Waals surface area contributed by atoms with Gasteiger partial charge in [-0.25, -0.2) is 4.79 Å². The van der Waals surface area contributed by atoms with E-state index in [9.17, 15) is 36.2 Å². The zero-order chi connectivity index (χ0) is 27.2. The number of carbonyl (C=O) groups excluding carboxylic acids is 1. The third-order valence-electron chi connectivity index (χ3n) is 7.72. The molecule has 0 aromatic heterocycles. The highest BCUT2D eigenvalue weighted by Gasteiger charge is 2.71. The Morgan fingerprint density at radius 3 is 1.92 bits per heavy atom. The summed E-state index contributed by atoms with van der Waals surface area (Å²) in [6.07, 6.45) is -11.9. The standard InChI is InChI=1S/C26H29F6N3O2/c1-23(19-6-4-3-5-7-19)17-35(22(36)34-14-12-33(2)13-15-34)16-21(23)18-8-10-20(11-9-18)24(37,25(27,28)29)26(30,31)32/h3-11,21,37H,12-17H2,1-2H3/t21-,23+/m1/s1. The van der Waals surface area contributed by atoms with E-state index in [-0.39, 0.29) is 12.6 Å². The average Bonchev–Trinajstić information content (AvgIpc) is 3.21. The van der Waals surface area contributed by atoms with Crippen LogP contribution >= 0.6 is 0 Å². The maximum Gasteiger partial charge on any atom is 0.430 e. The average molecular weight is 530 g/mol. The Hall–Kier alpha value is -2.79. The molecule has 4 rings (SSSR count). The molecule has 1 N–H and O–H groups in total. The number of alkyl halides is 6. The molecule has 2 aromatic carbocycles. The molecule has 0 unspecified atom stereocenters. The summed E-state index contributed by atoms with van der Waals surface area (Å²) >= 11 is 0. The molecule has 37 heavy (non-hydrogen) atoms. The van der Waals surface area contributed by atoms with Crippen LogP contribution in [0.2, 0.25) is 0 Å². The summed E-state index contributed by atoms with van der Waals surface area (Å²) in [6, 6.07) is 12.9. The summed E-state index contributed by atoms with van der Waals surface area (Å²) in [5.41, 5.74) is -5.55. The molecule has 0 aliphatic carbocycles. The van der Waals surface area contributed by atoms with Gasteiger partial charge in [0.25, 0.3) is 5.60 Å². The van der Waals surface area contributed by atoms with E-state index < -0.39 is 34.8 Å². The first-order valence-electron chi connectivity index (χ1n) is 11.9. The molecule has 2 fully saturated rings. The van der Waals surface area contributed by atoms with E-state index in [0.717, 1.165) is 18.7 Å². The van der Waals surface area contributed by atoms with E-state index in [0.29, 0.717) is 37.3 Å². The number of aliphatic hydroxyl groups is 1. The number of likely N-dealkylation sites (tertiary alicyclic amines) is 1. The van der Waals surface area contributed by atoms with Gasteiger partial charge in [-0.3, -0.25) is 0 Å². The lowest BCUT2D eigenvalue weighted by atomic mass is 9.71. The molecule has 0 bridgehead atoms. The Balaban J connectivity index is 1.68. The van der Waals surface area contributed by atoms with Crippen LogP contribution in [0.15, 0.2) is 54.6 Å². The highest BCUT2D eigenvalue weighted by molar-refractivity contribution is 5.75. The van der Waals surface area contributed by atoms with Crippen molar-refractivity contribution in [1.29, 1.82) is 0 Å². The van der Waals surface area contributed by atoms with Crippen molar-refractivity contribution in [3.63, 3.8) is 0 Å². The normalized spacial score (nSPS) is 24.0. The van der Waals surface area contributed by atoms with Crippen LogP contribution in [0.1, 0.15) is 29.5 Å². The monoisotopic (exact) mass is 529 g/mol. The number of hydrogen-bond donors (Lipinski definition) is 1. The predicted octanol–water partition coefficient (Wildman–Crippen LogP) is 4.72. The van der Waals surface area contributed by atoms with Gasteiger partial charge >= 0.3 is 18.4 Å². The summed E-state index contributed by atoms with van der Waals surface area (Å²) in [6.45, 7) is 5.15. The summed E-state index contributed by atoms with van der Waals surface area (Å²) < 4.78 is 80.1. The first-order valence-corrected chi connectivity index (χ1v) is 11.9. The van der Waals surface area contributed by atoms with Crippen LogP contribution in [0.4, 0.5) is 31.1 Å². The van der Waals surface area contributed by atoms with Gasteiger partial charge in [-0.1, -0.05) is 61.5 Å². The number of nitrogens with zero attached hydrogens (tertiary/aromatic N) is 3. The topological polar surface area (TPSA) is 47.0 Å². The maximum atomic E-state index is 13.4. The Morgan fingerprint density at radius 1 is 0.865 bits per heavy atom. The van der Waals surface area contributed by atoms with Crippen LogP contribution in [0.5, 0.6) is 0 Å². The van der Waals surface area contributed by atoms with Gasteiger partial charge in [0.05, 0.1) is 0 Å². The highest BCUT2D eigenvalue weighted by atomic mass is 19.4. The second kappa shape index (κ2) is 9.50. The van der Waals surface area contributed by atoms with Crippen LogP contribution in [0, 0.1) is 0 Å². The summed E-state index contributed by atoms with van der Waals surface area (Å²) in [7, 11) is 1.97. The van der Waals surface area contributed by atoms with Crippen molar-refractivity contribution >= 4 is 6.03 Å². The van der Waals surface area contributed by atoms with Crippen molar-refractivity contribution in [2.45, 2.75) is 36.2 Å². The summed E-state index contributed by atoms with van der Waals surface area (Å²) in [5, 5.41) is 9.76. The third kappa shape index (κ3) is 4.79. The van der Waals surface area contributed by atoms with E-state index in [2.05, 4.69) is 4.90 Å². The Kier molecular flexibility index (Phi) is 7.00. The molecular formula is C26H29F6N3O2. The highest BCUT2D eigenvalue weighted by Crippen LogP contribution is 2.51. The minimum absolute atomic E-state index is 0.141. The number of urea groups is 1. The minimum Gasteiger partial charge on any atom is -0.369 e. The molecule has 0 radical (unpaired) electrons. The molecule has 2 amide bonds. The quantitative estimate of drug-likeness (QED) is 0.586. The fraction of sp³-hybridized carbons (Fsp3) is 0.500. The minimum atomic E-state index is -5.95. The van der Waals surface area contributed by atoms with Crippen LogP contribution < -0.4 is 0 Å². The lowest BCUT2D eigenvalue weighted by Crippen LogP contribution is -2.53. The third-order valence-corrected chi connectivity index (χ3v) is 7.72. The van der Waals surface area contributed by atoms with Crippen LogP contribution in [-0.2, 0) is 11.0 Å². The lowest BCUT2D eigenvalue weighted by molar-refractivity contribution is -0.376. The first kappa shape index (κ1) is 27.3. The Bertz CT molecular complexity index is 1080. The number of piperazine rings is 1. The molecule has 2 heterocycles. The molecule has 2 atom stereocenters. The fourth-order valence-electron chi connectivity index (χ4n) is 5.37. The van der Waals surface area contributed by atoms with Crippen molar-refractivity contribution < 1.29 is 36.2 Å². The van der Waals surface area contributed by atoms with Crippen molar-refractivity contribution in [1.82, 2.24) is 14.7 Å². The lowest BCUT2D eigenvalue weighted by Gasteiger charge is -2.35. The molecule has 202 valence electrons. The first-order chi connectivity index (χ1) is 17.2. The second-order valence-electron chi connectivity index (χ2n) is 10.1. The molecule has 0 saturated carbocycles. The Morgan fingerprint density at radius 2 is 1.41 bits per heavy atom. The Labute approximate surface area is 211 Å². The predicted molar refractivity (Wildman–Crippen MR) is 125 cm³/mol. The van der Waals surface area contributed by atoms with Gasteiger partial charge in [0.2, 0.25) is 0 Å². The van der Waals surface area contributed by atoms with Gasteiger partial charge in [0.15, 0.2) is 0 Å². The molecule has 5 nitrogen and oxygen atoms in total. The van der Waals surface area contributed by atoms with Crippen molar-refractivity contribution in [3.8, 4) is 0 Å². The summed E-state index contributed by atoms with van der Waals surface area (Å²) in [5.74, 6) is -0.398. The van der Waals surface area contributed by atoms with E-state index in [1.54, 1.807) is 9.80 Å². The number of likely N-dealkylation sites (N-methyl/N-ethyl adjacent to an activating group) is 1. The van der Waals surface area contributed by atoms with E-state index in [4.69, 9.17) is 0 Å². The van der Waals surface area contributed by atoms with Crippen molar-refractivity contribution in [2.24, 2.45) is 0 Å². The molecule has 2 aliphatic heterocycles. The molecular weight excluding hydrogens is 500 g/mol. The number of benzene rings is 2. The zero-order valence-electron chi connectivity index (χ0n) is 20.5. The van der Waals surface area contributed by atoms with Crippen molar-refractivity contribution in [3.05, 3.63) is 71.3 Å². The number of halogens is 6. The summed E-state index contributed by atoms with van der Waals surface area (Å²) in [4.78, 5) is 19.0. The SMILES string of the molecule is CN1CCN(C(=O)N2C[C@H](c3ccc(C(O)(C(F)(F)F)C(F)(F)F)cc3)[C@](C)(c3ccccc3)C2)CC1. The molecule has 2 aliphatic rings. The van der Waals surface area contributed by atoms with E-state index in [1.165, 1.54) is 12.1 Å². The van der Waals surface area contributed by atoms with Crippen LogP contribution in [-0.4, -0.2) is 84.5 Å². The molecule has 2 saturated heterocycles. The van der Waals surface area contributed by atoms with E-state index >= 15 is 0 Å². The van der Waals surface area contributed by atoms with Gasteiger partial charge in [-0.15, -0.1) is 0 Å². The van der Waals surface area contributed by atoms with Gasteiger partial charge in [0, 0.05) is 56.2 Å². The largest absolute Gasteiger partial charge is 0.430 e. The zero-order valence-corrected chi connectivity index (χ0v) is 20.5. The molecule has 0 spiro atoms. The molecule has 2 aromatic rings. The fourth-order valence-corrected chi connectivity index (χ4v) is 5.37. The second-order valence-corrected chi connectivity index (χ2v) is 10.1. The van der Waals surface area contributed by atoms with E-state index in [1.807, 2.05) is 44.3 Å². The number of carbonyl (C=O) groups is 1. The molecule has 11 heteroatoms. The van der Waals surface area contributed by atoms with Gasteiger partial charge in [0.1, 0.15) is 0 Å². The van der Waals surface area contributed by atoms with Gasteiger partial charge in [-0.2, -0.15) is 26.3 Å². The number of hydrogen-bond acceptors (Lipinski definition) is 3.